The van der Waals surface area contributed by atoms with Gasteiger partial charge in [-0.3, -0.25) is 4.79 Å². The second kappa shape index (κ2) is 8.23. The molecule has 0 spiro atoms. The molecule has 2 aromatic rings. The zero-order valence-corrected chi connectivity index (χ0v) is 14.7. The van der Waals surface area contributed by atoms with Gasteiger partial charge in [0.25, 0.3) is 0 Å². The van der Waals surface area contributed by atoms with Gasteiger partial charge in [-0.05, 0) is 12.1 Å². The third-order valence-corrected chi connectivity index (χ3v) is 4.32. The zero-order valence-electron chi connectivity index (χ0n) is 14.7. The number of carbonyl (C=O) groups is 2. The quantitative estimate of drug-likeness (QED) is 0.603. The fourth-order valence-corrected chi connectivity index (χ4v) is 2.92. The van der Waals surface area contributed by atoms with Gasteiger partial charge in [-0.1, -0.05) is 0 Å². The van der Waals surface area contributed by atoms with Crippen molar-refractivity contribution in [2.75, 3.05) is 37.7 Å². The number of anilines is 1. The number of hydrogen-bond donors (Lipinski definition) is 2. The minimum atomic E-state index is -0.508. The van der Waals surface area contributed by atoms with E-state index in [9.17, 15) is 9.59 Å². The van der Waals surface area contributed by atoms with Crippen LogP contribution in [-0.4, -0.2) is 59.7 Å². The molecule has 1 fully saturated rings. The SMILES string of the molecule is N#CCCOC(=O)N1CCN(c2cnc3[nH]cc(/C=C/C(N)=O)c3c2)CC1. The van der Waals surface area contributed by atoms with Crippen molar-refractivity contribution in [3.05, 3.63) is 30.1 Å². The van der Waals surface area contributed by atoms with Crippen molar-refractivity contribution >= 4 is 34.8 Å². The Labute approximate surface area is 156 Å². The van der Waals surface area contributed by atoms with E-state index in [0.717, 1.165) is 22.3 Å². The number of primary amides is 1. The van der Waals surface area contributed by atoms with Crippen molar-refractivity contribution in [2.45, 2.75) is 6.42 Å². The predicted molar refractivity (Wildman–Crippen MR) is 99.7 cm³/mol. The number of H-pyrrole nitrogens is 1. The lowest BCUT2D eigenvalue weighted by molar-refractivity contribution is -0.113. The molecule has 140 valence electrons. The molecule has 2 aromatic heterocycles. The molecule has 0 aliphatic carbocycles. The van der Waals surface area contributed by atoms with Crippen molar-refractivity contribution in [1.29, 1.82) is 5.26 Å². The molecule has 0 radical (unpaired) electrons. The second-order valence-corrected chi connectivity index (χ2v) is 6.07. The van der Waals surface area contributed by atoms with Crippen LogP contribution >= 0.6 is 0 Å². The maximum absolute atomic E-state index is 11.9. The average molecular weight is 368 g/mol. The number of aromatic nitrogens is 2. The molecule has 9 nitrogen and oxygen atoms in total. The van der Waals surface area contributed by atoms with Gasteiger partial charge in [0, 0.05) is 49.4 Å². The van der Waals surface area contributed by atoms with E-state index in [1.54, 1.807) is 23.4 Å². The number of fused-ring (bicyclic) bond motifs is 1. The molecule has 0 bridgehead atoms. The number of piperazine rings is 1. The third kappa shape index (κ3) is 4.36. The van der Waals surface area contributed by atoms with Gasteiger partial charge >= 0.3 is 6.09 Å². The number of aromatic amines is 1. The Morgan fingerprint density at radius 2 is 2.15 bits per heavy atom. The Morgan fingerprint density at radius 1 is 1.37 bits per heavy atom. The normalized spacial score (nSPS) is 14.5. The van der Waals surface area contributed by atoms with Gasteiger partial charge in [-0.25, -0.2) is 9.78 Å². The molecule has 9 heteroatoms. The Bertz CT molecular complexity index is 905. The number of nitriles is 1. The number of carbonyl (C=O) groups excluding carboxylic acids is 2. The summed E-state index contributed by atoms with van der Waals surface area (Å²) in [5.74, 6) is -0.508. The highest BCUT2D eigenvalue weighted by Crippen LogP contribution is 2.24. The first-order valence-corrected chi connectivity index (χ1v) is 8.56. The number of ether oxygens (including phenoxy) is 1. The number of nitrogens with zero attached hydrogens (tertiary/aromatic N) is 4. The minimum Gasteiger partial charge on any atom is -0.448 e. The number of hydrogen-bond acceptors (Lipinski definition) is 6. The molecule has 1 aliphatic heterocycles. The standard InChI is InChI=1S/C18H20N6O3/c19-4-1-9-27-18(26)24-7-5-23(6-8-24)14-10-15-13(2-3-16(20)25)11-21-17(15)22-12-14/h2-3,10-12H,1,5-9H2,(H2,20,25)(H,21,22)/b3-2+. The van der Waals surface area contributed by atoms with E-state index in [2.05, 4.69) is 14.9 Å². The van der Waals surface area contributed by atoms with Crippen LogP contribution in [0.4, 0.5) is 10.5 Å². The van der Waals surface area contributed by atoms with Crippen LogP contribution in [-0.2, 0) is 9.53 Å². The Balaban J connectivity index is 1.66. The summed E-state index contributed by atoms with van der Waals surface area (Å²) in [5, 5.41) is 9.39. The van der Waals surface area contributed by atoms with Crippen LogP contribution in [0.1, 0.15) is 12.0 Å². The summed E-state index contributed by atoms with van der Waals surface area (Å²) < 4.78 is 5.06. The summed E-state index contributed by atoms with van der Waals surface area (Å²) in [7, 11) is 0. The van der Waals surface area contributed by atoms with Crippen LogP contribution in [0.25, 0.3) is 17.1 Å². The lowest BCUT2D eigenvalue weighted by Crippen LogP contribution is -2.49. The highest BCUT2D eigenvalue weighted by atomic mass is 16.6. The molecule has 3 rings (SSSR count). The van der Waals surface area contributed by atoms with Gasteiger partial charge in [0.15, 0.2) is 0 Å². The fourth-order valence-electron chi connectivity index (χ4n) is 2.92. The Morgan fingerprint density at radius 3 is 2.85 bits per heavy atom. The van der Waals surface area contributed by atoms with Crippen molar-refractivity contribution in [3.8, 4) is 6.07 Å². The van der Waals surface area contributed by atoms with E-state index in [1.165, 1.54) is 6.08 Å². The highest BCUT2D eigenvalue weighted by molar-refractivity contribution is 5.95. The highest BCUT2D eigenvalue weighted by Gasteiger charge is 2.22. The molecule has 2 amide bonds. The van der Waals surface area contributed by atoms with Gasteiger partial charge in [0.1, 0.15) is 12.3 Å². The summed E-state index contributed by atoms with van der Waals surface area (Å²) in [6.07, 6.45) is 6.33. The first-order valence-electron chi connectivity index (χ1n) is 8.56. The molecular weight excluding hydrogens is 348 g/mol. The molecule has 3 N–H and O–H groups in total. The van der Waals surface area contributed by atoms with Gasteiger partial charge in [-0.15, -0.1) is 0 Å². The second-order valence-electron chi connectivity index (χ2n) is 6.07. The smallest absolute Gasteiger partial charge is 0.409 e. The van der Waals surface area contributed by atoms with Crippen LogP contribution < -0.4 is 10.6 Å². The zero-order chi connectivity index (χ0) is 19.2. The van der Waals surface area contributed by atoms with Crippen LogP contribution in [0.2, 0.25) is 0 Å². The van der Waals surface area contributed by atoms with Crippen LogP contribution in [0.3, 0.4) is 0 Å². The fraction of sp³-hybridized carbons (Fsp3) is 0.333. The van der Waals surface area contributed by atoms with Crippen molar-refractivity contribution in [2.24, 2.45) is 5.73 Å². The molecule has 0 aromatic carbocycles. The van der Waals surface area contributed by atoms with Crippen LogP contribution in [0.5, 0.6) is 0 Å². The number of rotatable bonds is 5. The van der Waals surface area contributed by atoms with E-state index < -0.39 is 5.91 Å². The molecule has 27 heavy (non-hydrogen) atoms. The topological polar surface area (TPSA) is 128 Å². The van der Waals surface area contributed by atoms with Crippen molar-refractivity contribution < 1.29 is 14.3 Å². The van der Waals surface area contributed by atoms with Crippen LogP contribution in [0.15, 0.2) is 24.5 Å². The number of nitrogens with two attached hydrogens (primary N) is 1. The van der Waals surface area contributed by atoms with Crippen LogP contribution in [0, 0.1) is 11.3 Å². The minimum absolute atomic E-state index is 0.116. The molecule has 0 atom stereocenters. The summed E-state index contributed by atoms with van der Waals surface area (Å²) in [6.45, 7) is 2.48. The van der Waals surface area contributed by atoms with Gasteiger partial charge in [-0.2, -0.15) is 5.26 Å². The van der Waals surface area contributed by atoms with Gasteiger partial charge in [0.05, 0.1) is 24.4 Å². The molecule has 0 unspecified atom stereocenters. The molecule has 0 saturated carbocycles. The van der Waals surface area contributed by atoms with Gasteiger partial charge < -0.3 is 25.3 Å². The number of nitrogens with one attached hydrogen (secondary N) is 1. The van der Waals surface area contributed by atoms with E-state index in [0.29, 0.717) is 26.2 Å². The molecule has 1 saturated heterocycles. The largest absolute Gasteiger partial charge is 0.448 e. The maximum Gasteiger partial charge on any atom is 0.409 e. The Hall–Kier alpha value is -3.54. The summed E-state index contributed by atoms with van der Waals surface area (Å²) >= 11 is 0. The predicted octanol–water partition coefficient (Wildman–Crippen LogP) is 1.23. The Kier molecular flexibility index (Phi) is 5.56. The third-order valence-electron chi connectivity index (χ3n) is 4.32. The average Bonchev–Trinajstić information content (AvgIpc) is 3.09. The molecule has 1 aliphatic rings. The lowest BCUT2D eigenvalue weighted by Gasteiger charge is -2.35. The lowest BCUT2D eigenvalue weighted by atomic mass is 10.2. The molecular formula is C18H20N6O3. The number of pyridine rings is 1. The molecule has 3 heterocycles. The monoisotopic (exact) mass is 368 g/mol. The van der Waals surface area contributed by atoms with E-state index in [-0.39, 0.29) is 19.1 Å². The van der Waals surface area contributed by atoms with Crippen molar-refractivity contribution in [1.82, 2.24) is 14.9 Å². The summed E-state index contributed by atoms with van der Waals surface area (Å²) in [4.78, 5) is 34.2. The first-order chi connectivity index (χ1) is 13.1. The van der Waals surface area contributed by atoms with E-state index >= 15 is 0 Å². The first kappa shape index (κ1) is 18.3. The summed E-state index contributed by atoms with van der Waals surface area (Å²) in [6, 6.07) is 3.94. The summed E-state index contributed by atoms with van der Waals surface area (Å²) in [5.41, 5.74) is 7.65. The van der Waals surface area contributed by atoms with E-state index in [4.69, 9.17) is 15.7 Å². The maximum atomic E-state index is 11.9. The van der Waals surface area contributed by atoms with E-state index in [1.807, 2.05) is 12.1 Å². The van der Waals surface area contributed by atoms with Gasteiger partial charge in [0.2, 0.25) is 5.91 Å². The number of amides is 2. The van der Waals surface area contributed by atoms with Crippen molar-refractivity contribution in [3.63, 3.8) is 0 Å².